The molecule has 0 saturated carbocycles. The van der Waals surface area contributed by atoms with Gasteiger partial charge in [-0.05, 0) is 18.2 Å². The lowest BCUT2D eigenvalue weighted by molar-refractivity contribution is 0.176. The second-order valence-electron chi connectivity index (χ2n) is 5.07. The first-order chi connectivity index (χ1) is 10.3. The number of para-hydroxylation sites is 1. The highest BCUT2D eigenvalue weighted by Crippen LogP contribution is 2.36. The number of nitrogens with one attached hydrogen (secondary N) is 1. The van der Waals surface area contributed by atoms with E-state index in [4.69, 9.17) is 9.15 Å². The molecule has 1 fully saturated rings. The van der Waals surface area contributed by atoms with E-state index in [1.54, 1.807) is 12.3 Å². The van der Waals surface area contributed by atoms with E-state index < -0.39 is 0 Å². The van der Waals surface area contributed by atoms with E-state index in [2.05, 4.69) is 10.2 Å². The highest BCUT2D eigenvalue weighted by atomic mass is 19.1. The van der Waals surface area contributed by atoms with Gasteiger partial charge in [0.1, 0.15) is 5.76 Å². The molecule has 0 unspecified atom stereocenters. The zero-order valence-electron chi connectivity index (χ0n) is 12.0. The number of piperazine rings is 1. The first-order valence-corrected chi connectivity index (χ1v) is 7.12. The lowest BCUT2D eigenvalue weighted by Crippen LogP contribution is -2.45. The smallest absolute Gasteiger partial charge is 0.165 e. The summed E-state index contributed by atoms with van der Waals surface area (Å²) in [7, 11) is 1.50. The number of hydrogen-bond acceptors (Lipinski definition) is 4. The van der Waals surface area contributed by atoms with E-state index in [9.17, 15) is 4.39 Å². The lowest BCUT2D eigenvalue weighted by Gasteiger charge is -2.34. The molecule has 3 rings (SSSR count). The maximum Gasteiger partial charge on any atom is 0.165 e. The second kappa shape index (κ2) is 6.28. The first-order valence-electron chi connectivity index (χ1n) is 7.12. The fourth-order valence-electron chi connectivity index (χ4n) is 2.87. The van der Waals surface area contributed by atoms with Crippen LogP contribution in [0.3, 0.4) is 0 Å². The molecule has 1 saturated heterocycles. The number of halogens is 1. The summed E-state index contributed by atoms with van der Waals surface area (Å²) >= 11 is 0. The van der Waals surface area contributed by atoms with Gasteiger partial charge in [0.2, 0.25) is 0 Å². The molecule has 1 aliphatic heterocycles. The summed E-state index contributed by atoms with van der Waals surface area (Å²) in [6.45, 7) is 3.58. The van der Waals surface area contributed by atoms with Gasteiger partial charge in [-0.2, -0.15) is 0 Å². The number of furan rings is 1. The molecule has 1 aromatic carbocycles. The summed E-state index contributed by atoms with van der Waals surface area (Å²) in [5.41, 5.74) is 0.800. The maximum absolute atomic E-state index is 14.0. The van der Waals surface area contributed by atoms with Crippen molar-refractivity contribution in [3.8, 4) is 5.75 Å². The molecule has 1 N–H and O–H groups in total. The minimum Gasteiger partial charge on any atom is -0.493 e. The summed E-state index contributed by atoms with van der Waals surface area (Å²) < 4.78 is 24.9. The van der Waals surface area contributed by atoms with Crippen LogP contribution in [0.15, 0.2) is 41.0 Å². The van der Waals surface area contributed by atoms with Crippen molar-refractivity contribution in [3.05, 3.63) is 53.7 Å². The third kappa shape index (κ3) is 2.80. The fraction of sp³-hybridized carbons (Fsp3) is 0.375. The summed E-state index contributed by atoms with van der Waals surface area (Å²) in [4.78, 5) is 2.28. The van der Waals surface area contributed by atoms with E-state index in [0.717, 1.165) is 37.5 Å². The quantitative estimate of drug-likeness (QED) is 0.938. The van der Waals surface area contributed by atoms with Crippen molar-refractivity contribution in [2.24, 2.45) is 0 Å². The van der Waals surface area contributed by atoms with Crippen LogP contribution in [0.2, 0.25) is 0 Å². The Bertz CT molecular complexity index is 580. The highest BCUT2D eigenvalue weighted by Gasteiger charge is 2.29. The molecule has 1 atom stereocenters. The van der Waals surface area contributed by atoms with E-state index >= 15 is 0 Å². The van der Waals surface area contributed by atoms with Gasteiger partial charge < -0.3 is 14.5 Å². The van der Waals surface area contributed by atoms with E-state index in [1.807, 2.05) is 18.2 Å². The van der Waals surface area contributed by atoms with Crippen molar-refractivity contribution < 1.29 is 13.5 Å². The standard InChI is InChI=1S/C16H19FN2O2/c1-20-16-12(4-2-5-13(16)17)15(14-6-3-11-21-14)19-9-7-18-8-10-19/h2-6,11,15,18H,7-10H2,1H3/t15-/m1/s1. The summed E-state index contributed by atoms with van der Waals surface area (Å²) in [5, 5.41) is 3.33. The van der Waals surface area contributed by atoms with Crippen LogP contribution in [-0.4, -0.2) is 38.2 Å². The number of nitrogens with zero attached hydrogens (tertiary/aromatic N) is 1. The molecule has 4 nitrogen and oxygen atoms in total. The Morgan fingerprint density at radius 3 is 2.71 bits per heavy atom. The molecular weight excluding hydrogens is 271 g/mol. The third-order valence-electron chi connectivity index (χ3n) is 3.83. The Balaban J connectivity index is 2.05. The van der Waals surface area contributed by atoms with Crippen molar-refractivity contribution in [1.82, 2.24) is 10.2 Å². The predicted molar refractivity (Wildman–Crippen MR) is 77.9 cm³/mol. The first kappa shape index (κ1) is 14.1. The van der Waals surface area contributed by atoms with Gasteiger partial charge >= 0.3 is 0 Å². The van der Waals surface area contributed by atoms with Crippen LogP contribution < -0.4 is 10.1 Å². The molecule has 0 amide bonds. The van der Waals surface area contributed by atoms with Gasteiger partial charge in [0.05, 0.1) is 19.4 Å². The summed E-state index contributed by atoms with van der Waals surface area (Å²) in [6.07, 6.45) is 1.65. The van der Waals surface area contributed by atoms with Crippen molar-refractivity contribution in [1.29, 1.82) is 0 Å². The number of methoxy groups -OCH3 is 1. The van der Waals surface area contributed by atoms with Crippen LogP contribution in [0.1, 0.15) is 17.4 Å². The normalized spacial score (nSPS) is 17.6. The van der Waals surface area contributed by atoms with Crippen LogP contribution in [0, 0.1) is 5.82 Å². The number of ether oxygens (including phenoxy) is 1. The minimum absolute atomic E-state index is 0.132. The SMILES string of the molecule is COc1c(F)cccc1[C@H](c1ccco1)N1CCNCC1. The van der Waals surface area contributed by atoms with Crippen molar-refractivity contribution in [2.75, 3.05) is 33.3 Å². The minimum atomic E-state index is -0.346. The second-order valence-corrected chi connectivity index (χ2v) is 5.07. The van der Waals surface area contributed by atoms with Crippen molar-refractivity contribution >= 4 is 0 Å². The van der Waals surface area contributed by atoms with E-state index in [1.165, 1.54) is 13.2 Å². The Labute approximate surface area is 123 Å². The molecule has 2 aromatic rings. The van der Waals surface area contributed by atoms with Crippen LogP contribution in [-0.2, 0) is 0 Å². The Kier molecular flexibility index (Phi) is 4.22. The van der Waals surface area contributed by atoms with Gasteiger partial charge in [0.15, 0.2) is 11.6 Å². The highest BCUT2D eigenvalue weighted by molar-refractivity contribution is 5.40. The molecular formula is C16H19FN2O2. The zero-order valence-corrected chi connectivity index (χ0v) is 12.0. The molecule has 5 heteroatoms. The summed E-state index contributed by atoms with van der Waals surface area (Å²) in [5.74, 6) is 0.750. The average molecular weight is 290 g/mol. The molecule has 1 aromatic heterocycles. The van der Waals surface area contributed by atoms with Crippen molar-refractivity contribution in [3.63, 3.8) is 0 Å². The van der Waals surface area contributed by atoms with Crippen LogP contribution in [0.4, 0.5) is 4.39 Å². The van der Waals surface area contributed by atoms with Gasteiger partial charge in [-0.15, -0.1) is 0 Å². The maximum atomic E-state index is 14.0. The van der Waals surface area contributed by atoms with Gasteiger partial charge in [-0.1, -0.05) is 12.1 Å². The topological polar surface area (TPSA) is 37.6 Å². The molecule has 1 aliphatic rings. The molecule has 21 heavy (non-hydrogen) atoms. The van der Waals surface area contributed by atoms with Crippen LogP contribution in [0.5, 0.6) is 5.75 Å². The fourth-order valence-corrected chi connectivity index (χ4v) is 2.87. The van der Waals surface area contributed by atoms with E-state index in [0.29, 0.717) is 0 Å². The third-order valence-corrected chi connectivity index (χ3v) is 3.83. The van der Waals surface area contributed by atoms with Gasteiger partial charge in [-0.25, -0.2) is 4.39 Å². The average Bonchev–Trinajstić information content (AvgIpc) is 3.03. The monoisotopic (exact) mass is 290 g/mol. The molecule has 0 aliphatic carbocycles. The molecule has 112 valence electrons. The Morgan fingerprint density at radius 1 is 1.24 bits per heavy atom. The van der Waals surface area contributed by atoms with E-state index in [-0.39, 0.29) is 17.6 Å². The molecule has 2 heterocycles. The van der Waals surface area contributed by atoms with Gasteiger partial charge in [0, 0.05) is 31.7 Å². The molecule has 0 radical (unpaired) electrons. The van der Waals surface area contributed by atoms with Crippen LogP contribution in [0.25, 0.3) is 0 Å². The Hall–Kier alpha value is -1.85. The van der Waals surface area contributed by atoms with Gasteiger partial charge in [-0.3, -0.25) is 4.90 Å². The lowest BCUT2D eigenvalue weighted by atomic mass is 10.0. The number of rotatable bonds is 4. The number of benzene rings is 1. The predicted octanol–water partition coefficient (Wildman–Crippen LogP) is 2.42. The van der Waals surface area contributed by atoms with Gasteiger partial charge in [0.25, 0.3) is 0 Å². The largest absolute Gasteiger partial charge is 0.493 e. The molecule has 0 bridgehead atoms. The number of hydrogen-bond donors (Lipinski definition) is 1. The summed E-state index contributed by atoms with van der Waals surface area (Å²) in [6, 6.07) is 8.68. The Morgan fingerprint density at radius 2 is 2.05 bits per heavy atom. The molecule has 0 spiro atoms. The van der Waals surface area contributed by atoms with Crippen LogP contribution >= 0.6 is 0 Å². The van der Waals surface area contributed by atoms with Crippen molar-refractivity contribution in [2.45, 2.75) is 6.04 Å². The zero-order chi connectivity index (χ0) is 14.7.